The van der Waals surface area contributed by atoms with Crippen LogP contribution in [0, 0.1) is 5.82 Å². The molecule has 1 aromatic carbocycles. The molecule has 0 aliphatic carbocycles. The van der Waals surface area contributed by atoms with Crippen LogP contribution in [0.3, 0.4) is 0 Å². The molecule has 120 valence electrons. The van der Waals surface area contributed by atoms with Crippen molar-refractivity contribution < 1.29 is 27.2 Å². The molecule has 1 saturated heterocycles. The van der Waals surface area contributed by atoms with Gasteiger partial charge in [0.15, 0.2) is 0 Å². The van der Waals surface area contributed by atoms with Crippen molar-refractivity contribution in [2.45, 2.75) is 12.2 Å². The minimum absolute atomic E-state index is 0.00736. The summed E-state index contributed by atoms with van der Waals surface area (Å²) in [5.41, 5.74) is -1.89. The topological polar surface area (TPSA) is 70.2 Å². The summed E-state index contributed by atoms with van der Waals surface area (Å²) in [7, 11) is 0. The summed E-state index contributed by atoms with van der Waals surface area (Å²) in [6.45, 7) is 0.896. The van der Waals surface area contributed by atoms with E-state index in [0.717, 1.165) is 6.07 Å². The fraction of sp³-hybridized carbons (Fsp3) is 0.385. The van der Waals surface area contributed by atoms with Gasteiger partial charge in [0.05, 0.1) is 18.2 Å². The lowest BCUT2D eigenvalue weighted by Gasteiger charge is -2.27. The lowest BCUT2D eigenvalue weighted by molar-refractivity contribution is -0.140. The number of amides is 2. The monoisotopic (exact) mass is 319 g/mol. The van der Waals surface area contributed by atoms with Crippen molar-refractivity contribution in [2.24, 2.45) is 0 Å². The zero-order valence-corrected chi connectivity index (χ0v) is 11.3. The van der Waals surface area contributed by atoms with E-state index in [0.29, 0.717) is 25.2 Å². The molecule has 0 saturated carbocycles. The van der Waals surface area contributed by atoms with Crippen molar-refractivity contribution >= 4 is 11.8 Å². The fourth-order valence-electron chi connectivity index (χ4n) is 1.82. The fourth-order valence-corrected chi connectivity index (χ4v) is 1.82. The van der Waals surface area contributed by atoms with Gasteiger partial charge >= 0.3 is 6.18 Å². The predicted molar refractivity (Wildman–Crippen MR) is 68.5 cm³/mol. The summed E-state index contributed by atoms with van der Waals surface area (Å²) in [5.74, 6) is -2.79. The first-order valence-electron chi connectivity index (χ1n) is 6.42. The van der Waals surface area contributed by atoms with Crippen LogP contribution in [0.25, 0.3) is 0 Å². The molecule has 1 aliphatic rings. The van der Waals surface area contributed by atoms with Gasteiger partial charge in [-0.05, 0) is 18.2 Å². The summed E-state index contributed by atoms with van der Waals surface area (Å²) in [5, 5.41) is 7.74. The Balaban J connectivity index is 1.96. The molecule has 0 unspecified atom stereocenters. The third kappa shape index (κ3) is 3.94. The highest BCUT2D eigenvalue weighted by Crippen LogP contribution is 2.31. The molecule has 5 nitrogen and oxygen atoms in total. The van der Waals surface area contributed by atoms with E-state index in [9.17, 15) is 27.2 Å². The number of alkyl halides is 3. The van der Waals surface area contributed by atoms with Crippen LogP contribution in [0.5, 0.6) is 0 Å². The van der Waals surface area contributed by atoms with Gasteiger partial charge in [-0.25, -0.2) is 4.39 Å². The third-order valence-electron chi connectivity index (χ3n) is 3.09. The Labute approximate surface area is 123 Å². The van der Waals surface area contributed by atoms with Crippen LogP contribution in [0.1, 0.15) is 15.9 Å². The molecule has 22 heavy (non-hydrogen) atoms. The van der Waals surface area contributed by atoms with Gasteiger partial charge in [-0.1, -0.05) is 0 Å². The van der Waals surface area contributed by atoms with E-state index < -0.39 is 29.4 Å². The molecule has 1 aromatic rings. The number of benzene rings is 1. The number of carbonyl (C=O) groups excluding carboxylic acids is 2. The summed E-state index contributed by atoms with van der Waals surface area (Å²) in [6, 6.07) is 1.90. The quantitative estimate of drug-likeness (QED) is 0.714. The van der Waals surface area contributed by atoms with Crippen LogP contribution in [-0.4, -0.2) is 37.5 Å². The van der Waals surface area contributed by atoms with Gasteiger partial charge in [-0.3, -0.25) is 9.59 Å². The van der Waals surface area contributed by atoms with E-state index >= 15 is 0 Å². The van der Waals surface area contributed by atoms with Crippen LogP contribution in [0.4, 0.5) is 17.6 Å². The van der Waals surface area contributed by atoms with Crippen molar-refractivity contribution in [1.29, 1.82) is 0 Å². The Hall–Kier alpha value is -2.16. The Kier molecular flexibility index (Phi) is 4.65. The lowest BCUT2D eigenvalue weighted by atomic mass is 10.1. The highest BCUT2D eigenvalue weighted by Gasteiger charge is 2.34. The Morgan fingerprint density at radius 1 is 1.27 bits per heavy atom. The molecule has 1 aliphatic heterocycles. The van der Waals surface area contributed by atoms with Crippen molar-refractivity contribution in [2.75, 3.05) is 19.6 Å². The molecular weight excluding hydrogens is 306 g/mol. The Morgan fingerprint density at radius 3 is 2.50 bits per heavy atom. The minimum Gasteiger partial charge on any atom is -0.349 e. The molecule has 2 rings (SSSR count). The van der Waals surface area contributed by atoms with Gasteiger partial charge in [-0.2, -0.15) is 13.2 Å². The molecule has 2 amide bonds. The van der Waals surface area contributed by atoms with Crippen molar-refractivity contribution in [3.8, 4) is 0 Å². The normalized spacial score (nSPS) is 15.1. The van der Waals surface area contributed by atoms with Crippen LogP contribution < -0.4 is 16.0 Å². The average molecular weight is 319 g/mol. The highest BCUT2D eigenvalue weighted by atomic mass is 19.4. The summed E-state index contributed by atoms with van der Waals surface area (Å²) >= 11 is 0. The average Bonchev–Trinajstić information content (AvgIpc) is 2.39. The lowest BCUT2D eigenvalue weighted by Crippen LogP contribution is -2.58. The van der Waals surface area contributed by atoms with Crippen molar-refractivity contribution in [1.82, 2.24) is 16.0 Å². The standard InChI is InChI=1S/C13H13F4N3O2/c14-10-2-1-7(3-9(10)13(15,16)17)12(22)19-6-11(21)20-8-4-18-5-8/h1-3,8,18H,4-6H2,(H,19,22)(H,20,21). The second kappa shape index (κ2) is 6.30. The molecule has 0 bridgehead atoms. The first kappa shape index (κ1) is 16.2. The zero-order chi connectivity index (χ0) is 16.3. The number of hydrogen-bond acceptors (Lipinski definition) is 3. The van der Waals surface area contributed by atoms with Crippen LogP contribution in [0.2, 0.25) is 0 Å². The van der Waals surface area contributed by atoms with Crippen LogP contribution in [-0.2, 0) is 11.0 Å². The Morgan fingerprint density at radius 2 is 1.95 bits per heavy atom. The van der Waals surface area contributed by atoms with Gasteiger partial charge in [0.1, 0.15) is 5.82 Å². The Bertz CT molecular complexity index is 585. The summed E-state index contributed by atoms with van der Waals surface area (Å²) in [6.07, 6.45) is -4.89. The first-order valence-corrected chi connectivity index (χ1v) is 6.42. The van der Waals surface area contributed by atoms with E-state index in [1.165, 1.54) is 0 Å². The molecule has 3 N–H and O–H groups in total. The number of halogens is 4. The van der Waals surface area contributed by atoms with Crippen molar-refractivity contribution in [3.05, 3.63) is 35.1 Å². The van der Waals surface area contributed by atoms with Crippen LogP contribution >= 0.6 is 0 Å². The number of rotatable bonds is 4. The zero-order valence-electron chi connectivity index (χ0n) is 11.3. The van der Waals surface area contributed by atoms with E-state index in [-0.39, 0.29) is 18.2 Å². The molecule has 1 fully saturated rings. The van der Waals surface area contributed by atoms with E-state index in [2.05, 4.69) is 16.0 Å². The highest BCUT2D eigenvalue weighted by molar-refractivity contribution is 5.96. The molecule has 0 radical (unpaired) electrons. The third-order valence-corrected chi connectivity index (χ3v) is 3.09. The van der Waals surface area contributed by atoms with E-state index in [1.807, 2.05) is 0 Å². The molecular formula is C13H13F4N3O2. The maximum Gasteiger partial charge on any atom is 0.419 e. The molecule has 0 atom stereocenters. The molecule has 0 spiro atoms. The van der Waals surface area contributed by atoms with Gasteiger partial charge in [-0.15, -0.1) is 0 Å². The summed E-state index contributed by atoms with van der Waals surface area (Å²) in [4.78, 5) is 23.2. The molecule has 0 aromatic heterocycles. The summed E-state index contributed by atoms with van der Waals surface area (Å²) < 4.78 is 50.8. The number of hydrogen-bond donors (Lipinski definition) is 3. The first-order chi connectivity index (χ1) is 10.3. The second-order valence-corrected chi connectivity index (χ2v) is 4.80. The largest absolute Gasteiger partial charge is 0.419 e. The number of nitrogens with one attached hydrogen (secondary N) is 3. The smallest absolute Gasteiger partial charge is 0.349 e. The maximum atomic E-state index is 13.1. The van der Waals surface area contributed by atoms with Gasteiger partial charge in [0.25, 0.3) is 5.91 Å². The van der Waals surface area contributed by atoms with E-state index in [4.69, 9.17) is 0 Å². The van der Waals surface area contributed by atoms with E-state index in [1.54, 1.807) is 0 Å². The molecule has 1 heterocycles. The van der Waals surface area contributed by atoms with Crippen LogP contribution in [0.15, 0.2) is 18.2 Å². The predicted octanol–water partition coefficient (Wildman–Crippen LogP) is 0.662. The maximum absolute atomic E-state index is 13.1. The molecule has 9 heteroatoms. The SMILES string of the molecule is O=C(CNC(=O)c1ccc(F)c(C(F)(F)F)c1)NC1CNC1. The van der Waals surface area contributed by atoms with Gasteiger partial charge in [0.2, 0.25) is 5.91 Å². The second-order valence-electron chi connectivity index (χ2n) is 4.80. The van der Waals surface area contributed by atoms with Crippen molar-refractivity contribution in [3.63, 3.8) is 0 Å². The van der Waals surface area contributed by atoms with Gasteiger partial charge in [0, 0.05) is 18.7 Å². The minimum atomic E-state index is -4.89. The number of carbonyl (C=O) groups is 2. The van der Waals surface area contributed by atoms with Gasteiger partial charge < -0.3 is 16.0 Å².